The van der Waals surface area contributed by atoms with Crippen molar-refractivity contribution < 1.29 is 12.8 Å². The number of fused-ring (bicyclic) bond motifs is 1. The van der Waals surface area contributed by atoms with Crippen LogP contribution in [0.25, 0.3) is 33.3 Å². The molecular weight excluding hydrogens is 481 g/mol. The van der Waals surface area contributed by atoms with E-state index in [1.54, 1.807) is 48.4 Å². The van der Waals surface area contributed by atoms with Crippen molar-refractivity contribution in [3.05, 3.63) is 88.9 Å². The highest BCUT2D eigenvalue weighted by Gasteiger charge is 2.18. The van der Waals surface area contributed by atoms with Gasteiger partial charge in [0.2, 0.25) is 0 Å². The van der Waals surface area contributed by atoms with Crippen molar-refractivity contribution in [3.63, 3.8) is 0 Å². The zero-order valence-electron chi connectivity index (χ0n) is 19.9. The minimum atomic E-state index is -3.27. The summed E-state index contributed by atoms with van der Waals surface area (Å²) in [7, 11) is 0.214. The maximum atomic E-state index is 13.5. The molecule has 3 aromatic heterocycles. The van der Waals surface area contributed by atoms with Gasteiger partial charge in [0.25, 0.3) is 5.56 Å². The number of anilines is 2. The van der Waals surface area contributed by atoms with Gasteiger partial charge in [-0.25, -0.2) is 12.8 Å². The van der Waals surface area contributed by atoms with E-state index in [0.29, 0.717) is 33.4 Å². The van der Waals surface area contributed by atoms with Crippen LogP contribution < -0.4 is 10.9 Å². The topological polar surface area (TPSA) is 102 Å². The lowest BCUT2D eigenvalue weighted by atomic mass is 9.99. The maximum absolute atomic E-state index is 13.5. The number of hydrogen-bond acceptors (Lipinski definition) is 5. The number of halogens is 1. The zero-order valence-corrected chi connectivity index (χ0v) is 20.7. The molecule has 2 aromatic carbocycles. The molecule has 0 fully saturated rings. The fourth-order valence-corrected chi connectivity index (χ4v) is 5.05. The number of hydrogen-bond donors (Lipinski definition) is 2. The van der Waals surface area contributed by atoms with Gasteiger partial charge in [-0.05, 0) is 48.0 Å². The summed E-state index contributed by atoms with van der Waals surface area (Å²) < 4.78 is 40.7. The van der Waals surface area contributed by atoms with Crippen LogP contribution in [-0.4, -0.2) is 34.0 Å². The first kappa shape index (κ1) is 23.6. The summed E-state index contributed by atoms with van der Waals surface area (Å²) in [6, 6.07) is 13.2. The van der Waals surface area contributed by atoms with E-state index < -0.39 is 9.84 Å². The first-order chi connectivity index (χ1) is 17.1. The lowest BCUT2D eigenvalue weighted by Crippen LogP contribution is -2.16. The Labute approximate surface area is 206 Å². The molecule has 0 aliphatic rings. The third kappa shape index (κ3) is 4.67. The van der Waals surface area contributed by atoms with Crippen molar-refractivity contribution >= 4 is 32.1 Å². The minimum absolute atomic E-state index is 0.125. The van der Waals surface area contributed by atoms with Crippen molar-refractivity contribution in [1.29, 1.82) is 0 Å². The van der Waals surface area contributed by atoms with Crippen molar-refractivity contribution in [1.82, 2.24) is 19.3 Å². The van der Waals surface area contributed by atoms with Gasteiger partial charge in [-0.15, -0.1) is 0 Å². The largest absolute Gasteiger partial charge is 0.355 e. The zero-order chi connectivity index (χ0) is 25.6. The number of aromatic nitrogens is 4. The molecule has 184 valence electrons. The number of sulfone groups is 1. The van der Waals surface area contributed by atoms with E-state index in [4.69, 9.17) is 0 Å². The maximum Gasteiger partial charge on any atom is 0.274 e. The van der Waals surface area contributed by atoms with Gasteiger partial charge in [-0.3, -0.25) is 9.48 Å². The highest BCUT2D eigenvalue weighted by Crippen LogP contribution is 2.37. The van der Waals surface area contributed by atoms with Gasteiger partial charge < -0.3 is 14.9 Å². The third-order valence-electron chi connectivity index (χ3n) is 5.91. The van der Waals surface area contributed by atoms with Gasteiger partial charge in [0.1, 0.15) is 11.3 Å². The van der Waals surface area contributed by atoms with Gasteiger partial charge >= 0.3 is 0 Å². The standard InChI is InChI=1S/C26H24FN5O3S/c1-31-14-22(21-11-24(30-25(21)26(31)33)17-12-28-32(2)13-17)20-10-16(15-36(3,34)35)4-9-23(20)29-19-7-5-18(27)6-8-19/h4-14,29-30H,15H2,1-3H3. The Bertz CT molecular complexity index is 1770. The van der Waals surface area contributed by atoms with Gasteiger partial charge in [-0.2, -0.15) is 5.10 Å². The van der Waals surface area contributed by atoms with E-state index in [1.807, 2.05) is 25.4 Å². The van der Waals surface area contributed by atoms with Gasteiger partial charge in [0, 0.05) is 71.9 Å². The van der Waals surface area contributed by atoms with Crippen LogP contribution in [0.3, 0.4) is 0 Å². The number of pyridine rings is 1. The second-order valence-corrected chi connectivity index (χ2v) is 11.1. The van der Waals surface area contributed by atoms with Crippen LogP contribution in [0.2, 0.25) is 0 Å². The number of H-pyrrole nitrogens is 1. The molecule has 0 aliphatic carbocycles. The second kappa shape index (κ2) is 8.80. The number of aromatic amines is 1. The first-order valence-electron chi connectivity index (χ1n) is 11.1. The molecule has 0 radical (unpaired) electrons. The van der Waals surface area contributed by atoms with Crippen LogP contribution in [0, 0.1) is 5.82 Å². The fourth-order valence-electron chi connectivity index (χ4n) is 4.27. The molecule has 0 spiro atoms. The molecule has 0 saturated heterocycles. The van der Waals surface area contributed by atoms with Crippen molar-refractivity contribution in [2.24, 2.45) is 14.1 Å². The molecule has 36 heavy (non-hydrogen) atoms. The van der Waals surface area contributed by atoms with Gasteiger partial charge in [-0.1, -0.05) is 6.07 Å². The number of nitrogens with one attached hydrogen (secondary N) is 2. The monoisotopic (exact) mass is 505 g/mol. The van der Waals surface area contributed by atoms with E-state index >= 15 is 0 Å². The molecule has 8 nitrogen and oxygen atoms in total. The number of rotatable bonds is 6. The summed E-state index contributed by atoms with van der Waals surface area (Å²) in [5.74, 6) is -0.473. The minimum Gasteiger partial charge on any atom is -0.355 e. The molecular formula is C26H24FN5O3S. The lowest BCUT2D eigenvalue weighted by Gasteiger charge is -2.16. The smallest absolute Gasteiger partial charge is 0.274 e. The molecule has 0 amide bonds. The molecule has 0 atom stereocenters. The van der Waals surface area contributed by atoms with Crippen LogP contribution in [0.15, 0.2) is 71.9 Å². The van der Waals surface area contributed by atoms with Crippen molar-refractivity contribution in [3.8, 4) is 22.4 Å². The summed E-state index contributed by atoms with van der Waals surface area (Å²) in [4.78, 5) is 16.2. The van der Waals surface area contributed by atoms with Crippen LogP contribution in [-0.2, 0) is 29.7 Å². The van der Waals surface area contributed by atoms with E-state index in [-0.39, 0.29) is 17.1 Å². The second-order valence-electron chi connectivity index (χ2n) is 8.92. The molecule has 0 bridgehead atoms. The van der Waals surface area contributed by atoms with E-state index in [0.717, 1.165) is 16.8 Å². The normalized spacial score (nSPS) is 11.8. The Balaban J connectivity index is 1.73. The summed E-state index contributed by atoms with van der Waals surface area (Å²) >= 11 is 0. The molecule has 3 heterocycles. The van der Waals surface area contributed by atoms with Crippen LogP contribution in [0.1, 0.15) is 5.56 Å². The Kier molecular flexibility index (Phi) is 5.76. The Morgan fingerprint density at radius 3 is 2.44 bits per heavy atom. The van der Waals surface area contributed by atoms with Crippen LogP contribution in [0.5, 0.6) is 0 Å². The predicted molar refractivity (Wildman–Crippen MR) is 139 cm³/mol. The van der Waals surface area contributed by atoms with Gasteiger partial charge in [0.05, 0.1) is 11.9 Å². The average molecular weight is 506 g/mol. The molecule has 2 N–H and O–H groups in total. The average Bonchev–Trinajstić information content (AvgIpc) is 3.45. The predicted octanol–water partition coefficient (Wildman–Crippen LogP) is 4.36. The molecule has 10 heteroatoms. The SMILES string of the molecule is Cn1cc(-c2cc3c(-c4cc(CS(C)(=O)=O)ccc4Nc4ccc(F)cc4)cn(C)c(=O)c3[nH]2)cn1. The van der Waals surface area contributed by atoms with Crippen molar-refractivity contribution in [2.75, 3.05) is 11.6 Å². The highest BCUT2D eigenvalue weighted by atomic mass is 32.2. The first-order valence-corrected chi connectivity index (χ1v) is 13.2. The number of nitrogens with zero attached hydrogens (tertiary/aromatic N) is 3. The summed E-state index contributed by atoms with van der Waals surface area (Å²) in [6.45, 7) is 0. The Morgan fingerprint density at radius 1 is 1.03 bits per heavy atom. The lowest BCUT2D eigenvalue weighted by molar-refractivity contribution is 0.601. The third-order valence-corrected chi connectivity index (χ3v) is 6.76. The molecule has 0 unspecified atom stereocenters. The molecule has 0 aliphatic heterocycles. The van der Waals surface area contributed by atoms with Crippen LogP contribution >= 0.6 is 0 Å². The Hall–Kier alpha value is -4.18. The summed E-state index contributed by atoms with van der Waals surface area (Å²) in [5, 5.41) is 8.21. The van der Waals surface area contributed by atoms with Crippen LogP contribution in [0.4, 0.5) is 15.8 Å². The van der Waals surface area contributed by atoms with Crippen molar-refractivity contribution in [2.45, 2.75) is 5.75 Å². The quantitative estimate of drug-likeness (QED) is 0.357. The van der Waals surface area contributed by atoms with E-state index in [1.165, 1.54) is 23.0 Å². The Morgan fingerprint density at radius 2 is 1.78 bits per heavy atom. The molecule has 5 aromatic rings. The molecule has 5 rings (SSSR count). The summed E-state index contributed by atoms with van der Waals surface area (Å²) in [6.07, 6.45) is 6.49. The van der Waals surface area contributed by atoms with E-state index in [9.17, 15) is 17.6 Å². The number of aryl methyl sites for hydroxylation is 2. The van der Waals surface area contributed by atoms with E-state index in [2.05, 4.69) is 15.4 Å². The highest BCUT2D eigenvalue weighted by molar-refractivity contribution is 7.89. The fraction of sp³-hybridized carbons (Fsp3) is 0.154. The molecule has 0 saturated carbocycles. The summed E-state index contributed by atoms with van der Waals surface area (Å²) in [5.41, 5.74) is 5.21. The number of benzene rings is 2. The van der Waals surface area contributed by atoms with Gasteiger partial charge in [0.15, 0.2) is 9.84 Å².